The van der Waals surface area contributed by atoms with Crippen molar-refractivity contribution in [2.24, 2.45) is 5.41 Å². The van der Waals surface area contributed by atoms with Gasteiger partial charge >= 0.3 is 12.1 Å². The number of hydrogen-bond donors (Lipinski definition) is 1. The van der Waals surface area contributed by atoms with E-state index in [9.17, 15) is 14.7 Å². The first-order chi connectivity index (χ1) is 11.5. The Morgan fingerprint density at radius 1 is 1.24 bits per heavy atom. The first-order valence-corrected chi connectivity index (χ1v) is 9.10. The van der Waals surface area contributed by atoms with Crippen molar-refractivity contribution < 1.29 is 19.4 Å². The number of allylic oxidation sites excluding steroid dienone is 4. The van der Waals surface area contributed by atoms with Crippen LogP contribution in [0.1, 0.15) is 60.3 Å². The highest BCUT2D eigenvalue weighted by Crippen LogP contribution is 2.39. The van der Waals surface area contributed by atoms with Gasteiger partial charge in [0, 0.05) is 18.1 Å². The first kappa shape index (κ1) is 21.6. The molecule has 1 aliphatic rings. The fourth-order valence-electron chi connectivity index (χ4n) is 2.88. The standard InChI is InChI=1S/C19H30ClNO4/c1-6-15(8-7-14(2)20)13-19(16(22)23)9-11-21(12-10-19)17(24)25-18(3,4)5/h7-8H,6,9-13H2,1-5H3,(H,22,23)/b14-7+,15-8+. The van der Waals surface area contributed by atoms with Crippen molar-refractivity contribution in [3.8, 4) is 0 Å². The van der Waals surface area contributed by atoms with Crippen molar-refractivity contribution in [2.75, 3.05) is 13.1 Å². The molecule has 1 aliphatic heterocycles. The lowest BCUT2D eigenvalue weighted by molar-refractivity contribution is -0.152. The van der Waals surface area contributed by atoms with Gasteiger partial charge in [0.15, 0.2) is 0 Å². The van der Waals surface area contributed by atoms with Gasteiger partial charge in [-0.15, -0.1) is 0 Å². The summed E-state index contributed by atoms with van der Waals surface area (Å²) in [6, 6.07) is 0. The quantitative estimate of drug-likeness (QED) is 0.694. The second-order valence-corrected chi connectivity index (χ2v) is 8.26. The summed E-state index contributed by atoms with van der Waals surface area (Å²) in [5, 5.41) is 10.5. The molecule has 1 N–H and O–H groups in total. The lowest BCUT2D eigenvalue weighted by Gasteiger charge is -2.39. The van der Waals surface area contributed by atoms with E-state index < -0.39 is 17.0 Å². The van der Waals surface area contributed by atoms with Gasteiger partial charge in [-0.05, 0) is 59.5 Å². The largest absolute Gasteiger partial charge is 0.481 e. The van der Waals surface area contributed by atoms with Gasteiger partial charge in [0.1, 0.15) is 5.60 Å². The molecule has 5 nitrogen and oxygen atoms in total. The molecule has 1 heterocycles. The minimum Gasteiger partial charge on any atom is -0.481 e. The third-order valence-electron chi connectivity index (χ3n) is 4.39. The summed E-state index contributed by atoms with van der Waals surface area (Å²) in [5.74, 6) is -0.803. The van der Waals surface area contributed by atoms with Crippen LogP contribution in [0.3, 0.4) is 0 Å². The molecule has 0 radical (unpaired) electrons. The molecule has 1 rings (SSSR count). The van der Waals surface area contributed by atoms with Crippen molar-refractivity contribution in [1.29, 1.82) is 0 Å². The predicted octanol–water partition coefficient (Wildman–Crippen LogP) is 4.96. The summed E-state index contributed by atoms with van der Waals surface area (Å²) in [4.78, 5) is 25.7. The molecule has 6 heteroatoms. The monoisotopic (exact) mass is 371 g/mol. The smallest absolute Gasteiger partial charge is 0.410 e. The number of amides is 1. The SMILES string of the molecule is CC/C(=C\C=C(/C)Cl)CC1(C(=O)O)CCN(C(=O)OC(C)(C)C)CC1. The average Bonchev–Trinajstić information content (AvgIpc) is 2.49. The molecule has 142 valence electrons. The summed E-state index contributed by atoms with van der Waals surface area (Å²) < 4.78 is 5.38. The highest BCUT2D eigenvalue weighted by molar-refractivity contribution is 6.29. The van der Waals surface area contributed by atoms with Crippen LogP contribution in [0.15, 0.2) is 22.8 Å². The van der Waals surface area contributed by atoms with Gasteiger partial charge in [-0.3, -0.25) is 4.79 Å². The van der Waals surface area contributed by atoms with Crippen LogP contribution in [-0.2, 0) is 9.53 Å². The minimum atomic E-state index is -0.839. The Morgan fingerprint density at radius 2 is 1.80 bits per heavy atom. The minimum absolute atomic E-state index is 0.376. The Bertz CT molecular complexity index is 548. The van der Waals surface area contributed by atoms with Crippen LogP contribution >= 0.6 is 11.6 Å². The Hall–Kier alpha value is -1.49. The molecule has 25 heavy (non-hydrogen) atoms. The van der Waals surface area contributed by atoms with E-state index in [0.29, 0.717) is 37.4 Å². The topological polar surface area (TPSA) is 66.8 Å². The van der Waals surface area contributed by atoms with Gasteiger partial charge in [-0.2, -0.15) is 0 Å². The van der Waals surface area contributed by atoms with Crippen LogP contribution in [0.2, 0.25) is 0 Å². The number of ether oxygens (including phenoxy) is 1. The average molecular weight is 372 g/mol. The highest BCUT2D eigenvalue weighted by Gasteiger charge is 2.43. The summed E-state index contributed by atoms with van der Waals surface area (Å²) in [5.41, 5.74) is -0.343. The van der Waals surface area contributed by atoms with Crippen LogP contribution in [0.4, 0.5) is 4.79 Å². The number of carbonyl (C=O) groups excluding carboxylic acids is 1. The fourth-order valence-corrected chi connectivity index (χ4v) is 2.94. The molecule has 0 saturated carbocycles. The molecule has 0 aromatic carbocycles. The summed E-state index contributed by atoms with van der Waals surface area (Å²) >= 11 is 5.87. The summed E-state index contributed by atoms with van der Waals surface area (Å²) in [6.45, 7) is 10.0. The zero-order valence-corrected chi connectivity index (χ0v) is 16.7. The number of carboxylic acid groups (broad SMARTS) is 1. The second kappa shape index (κ2) is 8.75. The fraction of sp³-hybridized carbons (Fsp3) is 0.684. The number of hydrogen-bond acceptors (Lipinski definition) is 3. The predicted molar refractivity (Wildman–Crippen MR) is 99.7 cm³/mol. The number of rotatable bonds is 5. The number of aliphatic carboxylic acids is 1. The van der Waals surface area contributed by atoms with E-state index in [2.05, 4.69) is 0 Å². The molecule has 0 aliphatic carbocycles. The van der Waals surface area contributed by atoms with Crippen LogP contribution in [0.25, 0.3) is 0 Å². The maximum absolute atomic E-state index is 12.2. The van der Waals surface area contributed by atoms with E-state index in [0.717, 1.165) is 12.0 Å². The van der Waals surface area contributed by atoms with Crippen LogP contribution in [0.5, 0.6) is 0 Å². The van der Waals surface area contributed by atoms with Crippen molar-refractivity contribution in [3.05, 3.63) is 22.8 Å². The summed E-state index contributed by atoms with van der Waals surface area (Å²) in [7, 11) is 0. The van der Waals surface area contributed by atoms with Crippen molar-refractivity contribution in [3.63, 3.8) is 0 Å². The lowest BCUT2D eigenvalue weighted by Crippen LogP contribution is -2.48. The molecular formula is C19H30ClNO4. The molecule has 0 aromatic rings. The third-order valence-corrected chi connectivity index (χ3v) is 4.52. The third kappa shape index (κ3) is 6.73. The number of carbonyl (C=O) groups is 2. The molecule has 0 bridgehead atoms. The number of carboxylic acids is 1. The number of likely N-dealkylation sites (tertiary alicyclic amines) is 1. The Labute approximate surface area is 155 Å². The molecule has 0 unspecified atom stereocenters. The van der Waals surface area contributed by atoms with E-state index in [1.165, 1.54) is 0 Å². The van der Waals surface area contributed by atoms with Crippen LogP contribution in [-0.4, -0.2) is 40.8 Å². The Kier molecular flexibility index (Phi) is 7.54. The maximum Gasteiger partial charge on any atom is 0.410 e. The van der Waals surface area contributed by atoms with Crippen LogP contribution < -0.4 is 0 Å². The normalized spacial score (nSPS) is 18.9. The number of piperidine rings is 1. The molecular weight excluding hydrogens is 342 g/mol. The van der Waals surface area contributed by atoms with Gasteiger partial charge < -0.3 is 14.7 Å². The maximum atomic E-state index is 12.2. The number of nitrogens with zero attached hydrogens (tertiary/aromatic N) is 1. The van der Waals surface area contributed by atoms with E-state index >= 15 is 0 Å². The van der Waals surface area contributed by atoms with E-state index in [1.807, 2.05) is 33.8 Å². The van der Waals surface area contributed by atoms with Gasteiger partial charge in [-0.25, -0.2) is 4.79 Å². The summed E-state index contributed by atoms with van der Waals surface area (Å²) in [6.07, 6.45) is 5.41. The molecule has 0 atom stereocenters. The van der Waals surface area contributed by atoms with E-state index in [4.69, 9.17) is 16.3 Å². The Morgan fingerprint density at radius 3 is 2.20 bits per heavy atom. The molecule has 1 fully saturated rings. The van der Waals surface area contributed by atoms with Gasteiger partial charge in [-0.1, -0.05) is 30.2 Å². The second-order valence-electron chi connectivity index (χ2n) is 7.66. The van der Waals surface area contributed by atoms with Gasteiger partial charge in [0.2, 0.25) is 0 Å². The van der Waals surface area contributed by atoms with Crippen molar-refractivity contribution >= 4 is 23.7 Å². The Balaban J connectivity index is 2.83. The van der Waals surface area contributed by atoms with Crippen molar-refractivity contribution in [2.45, 2.75) is 65.9 Å². The van der Waals surface area contributed by atoms with Crippen LogP contribution in [0, 0.1) is 5.41 Å². The molecule has 1 saturated heterocycles. The first-order valence-electron chi connectivity index (χ1n) is 8.72. The molecule has 0 aromatic heterocycles. The zero-order valence-electron chi connectivity index (χ0n) is 15.9. The lowest BCUT2D eigenvalue weighted by atomic mass is 9.73. The zero-order chi connectivity index (χ0) is 19.3. The van der Waals surface area contributed by atoms with Gasteiger partial charge in [0.25, 0.3) is 0 Å². The van der Waals surface area contributed by atoms with E-state index in [1.54, 1.807) is 17.9 Å². The number of halogens is 1. The van der Waals surface area contributed by atoms with Gasteiger partial charge in [0.05, 0.1) is 5.41 Å². The molecule has 0 spiro atoms. The van der Waals surface area contributed by atoms with Crippen molar-refractivity contribution in [1.82, 2.24) is 4.90 Å². The molecule has 1 amide bonds. The van der Waals surface area contributed by atoms with E-state index in [-0.39, 0.29) is 6.09 Å². The highest BCUT2D eigenvalue weighted by atomic mass is 35.5.